The summed E-state index contributed by atoms with van der Waals surface area (Å²) in [5.41, 5.74) is 0.978. The lowest BCUT2D eigenvalue weighted by molar-refractivity contribution is 0.0953. The highest BCUT2D eigenvalue weighted by Gasteiger charge is 2.06. The molecule has 0 saturated carbocycles. The fourth-order valence-electron chi connectivity index (χ4n) is 1.76. The van der Waals surface area contributed by atoms with Crippen molar-refractivity contribution in [2.75, 3.05) is 17.5 Å². The van der Waals surface area contributed by atoms with E-state index in [-0.39, 0.29) is 5.91 Å². The van der Waals surface area contributed by atoms with Crippen molar-refractivity contribution in [1.82, 2.24) is 5.32 Å². The monoisotopic (exact) mass is 298 g/mol. The van der Waals surface area contributed by atoms with Gasteiger partial charge in [0.25, 0.3) is 5.91 Å². The Balaban J connectivity index is 2.45. The zero-order chi connectivity index (χ0) is 15.0. The molecule has 0 atom stereocenters. The number of benzene rings is 1. The largest absolute Gasteiger partial charge is 0.352 e. The maximum absolute atomic E-state index is 11.8. The van der Waals surface area contributed by atoms with Crippen LogP contribution in [-0.4, -0.2) is 27.1 Å². The van der Waals surface area contributed by atoms with E-state index in [0.29, 0.717) is 17.8 Å². The van der Waals surface area contributed by atoms with Crippen molar-refractivity contribution in [2.45, 2.75) is 32.6 Å². The van der Waals surface area contributed by atoms with Crippen LogP contribution in [0.2, 0.25) is 0 Å². The Morgan fingerprint density at radius 2 is 1.75 bits per heavy atom. The summed E-state index contributed by atoms with van der Waals surface area (Å²) in [4.78, 5) is 11.8. The van der Waals surface area contributed by atoms with Gasteiger partial charge in [0.2, 0.25) is 10.0 Å². The summed E-state index contributed by atoms with van der Waals surface area (Å²) in [5, 5.41) is 2.85. The lowest BCUT2D eigenvalue weighted by atomic mass is 10.2. The summed E-state index contributed by atoms with van der Waals surface area (Å²) in [6, 6.07) is 6.36. The van der Waals surface area contributed by atoms with Crippen molar-refractivity contribution in [3.05, 3.63) is 29.8 Å². The molecule has 6 heteroatoms. The van der Waals surface area contributed by atoms with Gasteiger partial charge in [-0.15, -0.1) is 0 Å². The van der Waals surface area contributed by atoms with E-state index in [2.05, 4.69) is 17.0 Å². The Morgan fingerprint density at radius 1 is 1.10 bits per heavy atom. The highest BCUT2D eigenvalue weighted by atomic mass is 32.2. The molecule has 0 unspecified atom stereocenters. The van der Waals surface area contributed by atoms with Gasteiger partial charge >= 0.3 is 0 Å². The number of nitrogens with one attached hydrogen (secondary N) is 2. The molecule has 0 aliphatic heterocycles. The summed E-state index contributed by atoms with van der Waals surface area (Å²) < 4.78 is 24.5. The standard InChI is InChI=1S/C14H22N2O3S/c1-3-4-5-6-11-15-14(17)12-7-9-13(10-8-12)16-20(2,18)19/h7-10,16H,3-6,11H2,1-2H3,(H,15,17). The molecule has 0 aromatic heterocycles. The second kappa shape index (κ2) is 7.89. The maximum Gasteiger partial charge on any atom is 0.251 e. The molecular formula is C14H22N2O3S. The molecule has 0 heterocycles. The molecule has 20 heavy (non-hydrogen) atoms. The fourth-order valence-corrected chi connectivity index (χ4v) is 2.32. The smallest absolute Gasteiger partial charge is 0.251 e. The average molecular weight is 298 g/mol. The Hall–Kier alpha value is -1.56. The number of carbonyl (C=O) groups excluding carboxylic acids is 1. The normalized spacial score (nSPS) is 11.1. The first kappa shape index (κ1) is 16.5. The van der Waals surface area contributed by atoms with E-state index < -0.39 is 10.0 Å². The molecule has 0 aliphatic carbocycles. The van der Waals surface area contributed by atoms with Gasteiger partial charge in [0.1, 0.15) is 0 Å². The van der Waals surface area contributed by atoms with Crippen LogP contribution in [0.5, 0.6) is 0 Å². The Kier molecular flexibility index (Phi) is 6.51. The third-order valence-corrected chi connectivity index (χ3v) is 3.37. The summed E-state index contributed by atoms with van der Waals surface area (Å²) in [7, 11) is -3.28. The first-order valence-electron chi connectivity index (χ1n) is 6.78. The minimum atomic E-state index is -3.28. The van der Waals surface area contributed by atoms with Gasteiger partial charge in [-0.05, 0) is 30.7 Å². The van der Waals surface area contributed by atoms with Crippen LogP contribution in [0.25, 0.3) is 0 Å². The van der Waals surface area contributed by atoms with Crippen LogP contribution < -0.4 is 10.0 Å². The quantitative estimate of drug-likeness (QED) is 0.723. The number of unbranched alkanes of at least 4 members (excludes halogenated alkanes) is 3. The number of carbonyl (C=O) groups is 1. The van der Waals surface area contributed by atoms with E-state index in [4.69, 9.17) is 0 Å². The molecule has 1 rings (SSSR count). The van der Waals surface area contributed by atoms with Crippen LogP contribution in [0.3, 0.4) is 0 Å². The molecule has 0 saturated heterocycles. The number of anilines is 1. The molecule has 2 N–H and O–H groups in total. The second-order valence-corrected chi connectivity index (χ2v) is 6.52. The SMILES string of the molecule is CCCCCCNC(=O)c1ccc(NS(C)(=O)=O)cc1. The van der Waals surface area contributed by atoms with E-state index in [1.54, 1.807) is 24.3 Å². The number of amides is 1. The van der Waals surface area contributed by atoms with Crippen molar-refractivity contribution in [1.29, 1.82) is 0 Å². The van der Waals surface area contributed by atoms with Gasteiger partial charge in [-0.1, -0.05) is 26.2 Å². The minimum Gasteiger partial charge on any atom is -0.352 e. The van der Waals surface area contributed by atoms with Crippen molar-refractivity contribution in [2.24, 2.45) is 0 Å². The Labute approximate surface area is 120 Å². The first-order valence-corrected chi connectivity index (χ1v) is 8.67. The van der Waals surface area contributed by atoms with Crippen LogP contribution in [0.4, 0.5) is 5.69 Å². The van der Waals surface area contributed by atoms with E-state index >= 15 is 0 Å². The summed E-state index contributed by atoms with van der Waals surface area (Å²) in [6.07, 6.45) is 5.54. The van der Waals surface area contributed by atoms with Gasteiger partial charge in [-0.25, -0.2) is 8.42 Å². The van der Waals surface area contributed by atoms with Gasteiger partial charge in [-0.3, -0.25) is 9.52 Å². The second-order valence-electron chi connectivity index (χ2n) is 4.77. The average Bonchev–Trinajstić information content (AvgIpc) is 2.37. The van der Waals surface area contributed by atoms with Gasteiger partial charge in [-0.2, -0.15) is 0 Å². The number of sulfonamides is 1. The molecule has 1 amide bonds. The lowest BCUT2D eigenvalue weighted by Gasteiger charge is -2.07. The van der Waals surface area contributed by atoms with Gasteiger partial charge < -0.3 is 5.32 Å². The van der Waals surface area contributed by atoms with E-state index in [1.807, 2.05) is 0 Å². The zero-order valence-corrected chi connectivity index (χ0v) is 12.8. The highest BCUT2D eigenvalue weighted by Crippen LogP contribution is 2.10. The van der Waals surface area contributed by atoms with Crippen molar-refractivity contribution >= 4 is 21.6 Å². The summed E-state index contributed by atoms with van der Waals surface area (Å²) in [6.45, 7) is 2.81. The third kappa shape index (κ3) is 6.56. The zero-order valence-electron chi connectivity index (χ0n) is 12.0. The van der Waals surface area contributed by atoms with E-state index in [1.165, 1.54) is 12.8 Å². The fraction of sp³-hybridized carbons (Fsp3) is 0.500. The highest BCUT2D eigenvalue weighted by molar-refractivity contribution is 7.92. The molecule has 0 aliphatic rings. The predicted molar refractivity (Wildman–Crippen MR) is 81.4 cm³/mol. The van der Waals surface area contributed by atoms with Crippen LogP contribution in [-0.2, 0) is 10.0 Å². The lowest BCUT2D eigenvalue weighted by Crippen LogP contribution is -2.24. The molecule has 1 aromatic rings. The first-order chi connectivity index (χ1) is 9.42. The number of hydrogen-bond acceptors (Lipinski definition) is 3. The van der Waals surface area contributed by atoms with Gasteiger partial charge in [0, 0.05) is 17.8 Å². The van der Waals surface area contributed by atoms with E-state index in [9.17, 15) is 13.2 Å². The Bertz CT molecular complexity index is 524. The summed E-state index contributed by atoms with van der Waals surface area (Å²) >= 11 is 0. The van der Waals surface area contributed by atoms with Crippen molar-refractivity contribution < 1.29 is 13.2 Å². The van der Waals surface area contributed by atoms with Crippen molar-refractivity contribution in [3.8, 4) is 0 Å². The van der Waals surface area contributed by atoms with Crippen LogP contribution in [0, 0.1) is 0 Å². The van der Waals surface area contributed by atoms with Crippen LogP contribution in [0.1, 0.15) is 43.0 Å². The topological polar surface area (TPSA) is 75.3 Å². The molecule has 0 radical (unpaired) electrons. The van der Waals surface area contributed by atoms with E-state index in [0.717, 1.165) is 19.1 Å². The Morgan fingerprint density at radius 3 is 2.30 bits per heavy atom. The maximum atomic E-state index is 11.8. The molecule has 0 fully saturated rings. The molecule has 0 spiro atoms. The number of hydrogen-bond donors (Lipinski definition) is 2. The summed E-state index contributed by atoms with van der Waals surface area (Å²) in [5.74, 6) is -0.132. The molecular weight excluding hydrogens is 276 g/mol. The molecule has 1 aromatic carbocycles. The molecule has 5 nitrogen and oxygen atoms in total. The van der Waals surface area contributed by atoms with Crippen molar-refractivity contribution in [3.63, 3.8) is 0 Å². The minimum absolute atomic E-state index is 0.132. The van der Waals surface area contributed by atoms with Crippen LogP contribution in [0.15, 0.2) is 24.3 Å². The van der Waals surface area contributed by atoms with Crippen LogP contribution >= 0.6 is 0 Å². The molecule has 0 bridgehead atoms. The van der Waals surface area contributed by atoms with Gasteiger partial charge in [0.15, 0.2) is 0 Å². The predicted octanol–water partition coefficient (Wildman–Crippen LogP) is 2.37. The number of rotatable bonds is 8. The van der Waals surface area contributed by atoms with Gasteiger partial charge in [0.05, 0.1) is 6.26 Å². The third-order valence-electron chi connectivity index (χ3n) is 2.77. The molecule has 112 valence electrons.